The molecule has 1 unspecified atom stereocenters. The van der Waals surface area contributed by atoms with Gasteiger partial charge in [0.25, 0.3) is 0 Å². The van der Waals surface area contributed by atoms with Crippen LogP contribution in [0.4, 0.5) is 5.95 Å². The number of para-hydroxylation sites is 2. The van der Waals surface area contributed by atoms with E-state index in [9.17, 15) is 4.79 Å². The minimum absolute atomic E-state index is 0.306. The molecule has 144 valence electrons. The van der Waals surface area contributed by atoms with E-state index in [4.69, 9.17) is 9.72 Å². The summed E-state index contributed by atoms with van der Waals surface area (Å²) in [6.07, 6.45) is 0. The summed E-state index contributed by atoms with van der Waals surface area (Å²) in [6.45, 7) is 9.62. The van der Waals surface area contributed by atoms with Crippen molar-refractivity contribution in [3.05, 3.63) is 70.9 Å². The number of anilines is 1. The van der Waals surface area contributed by atoms with Crippen molar-refractivity contribution in [2.75, 3.05) is 5.32 Å². The van der Waals surface area contributed by atoms with Crippen LogP contribution in [0.3, 0.4) is 0 Å². The maximum Gasteiger partial charge on any atom is 0.338 e. The van der Waals surface area contributed by atoms with E-state index in [-0.39, 0.29) is 12.0 Å². The van der Waals surface area contributed by atoms with Gasteiger partial charge < -0.3 is 10.1 Å². The molecule has 1 aliphatic heterocycles. The summed E-state index contributed by atoms with van der Waals surface area (Å²) < 4.78 is 7.85. The third-order valence-electron chi connectivity index (χ3n) is 4.84. The van der Waals surface area contributed by atoms with Crippen LogP contribution in [0.1, 0.15) is 44.9 Å². The van der Waals surface area contributed by atoms with Crippen molar-refractivity contribution < 1.29 is 9.53 Å². The molecule has 0 spiro atoms. The third-order valence-corrected chi connectivity index (χ3v) is 4.84. The molecule has 0 aliphatic carbocycles. The number of carbonyl (C=O) groups is 1. The fraction of sp³-hybridized carbons (Fsp3) is 0.304. The van der Waals surface area contributed by atoms with Gasteiger partial charge in [-0.2, -0.15) is 0 Å². The van der Waals surface area contributed by atoms with Crippen LogP contribution in [0.15, 0.2) is 59.8 Å². The minimum Gasteiger partial charge on any atom is -0.456 e. The first-order chi connectivity index (χ1) is 13.2. The SMILES string of the molecule is CC1=C(C(=O)OC(C)(C)C)C(c2ccc(C)cc2)n2c(nc3ccccc32)N1. The number of aryl methyl sites for hydroxylation is 1. The van der Waals surface area contributed by atoms with Gasteiger partial charge in [-0.15, -0.1) is 0 Å². The standard InChI is InChI=1S/C23H25N3O2/c1-14-10-12-16(13-11-14)20-19(21(27)28-23(3,4)5)15(2)24-22-25-17-8-6-7-9-18(17)26(20)22/h6-13,20H,1-5H3,(H,24,25). The number of nitrogens with zero attached hydrogens (tertiary/aromatic N) is 2. The molecule has 1 aromatic heterocycles. The van der Waals surface area contributed by atoms with Crippen molar-refractivity contribution in [3.8, 4) is 0 Å². The van der Waals surface area contributed by atoms with E-state index in [1.807, 2.05) is 52.0 Å². The number of nitrogens with one attached hydrogen (secondary N) is 1. The fourth-order valence-electron chi connectivity index (χ4n) is 3.63. The van der Waals surface area contributed by atoms with Crippen LogP contribution in [-0.2, 0) is 9.53 Å². The Bertz CT molecular complexity index is 1090. The second kappa shape index (κ2) is 6.51. The summed E-state index contributed by atoms with van der Waals surface area (Å²) in [5.41, 5.74) is 4.87. The van der Waals surface area contributed by atoms with Crippen LogP contribution in [0.5, 0.6) is 0 Å². The largest absolute Gasteiger partial charge is 0.456 e. The number of rotatable bonds is 2. The van der Waals surface area contributed by atoms with Gasteiger partial charge in [-0.05, 0) is 52.3 Å². The summed E-state index contributed by atoms with van der Waals surface area (Å²) in [4.78, 5) is 17.9. The Morgan fingerprint density at radius 3 is 2.43 bits per heavy atom. The first-order valence-corrected chi connectivity index (χ1v) is 9.49. The van der Waals surface area contributed by atoms with Crippen molar-refractivity contribution in [1.82, 2.24) is 9.55 Å². The topological polar surface area (TPSA) is 56.2 Å². The zero-order chi connectivity index (χ0) is 20.1. The number of carbonyl (C=O) groups excluding carboxylic acids is 1. The van der Waals surface area contributed by atoms with Gasteiger partial charge in [0.1, 0.15) is 5.60 Å². The van der Waals surface area contributed by atoms with Gasteiger partial charge >= 0.3 is 5.97 Å². The molecule has 2 aromatic carbocycles. The summed E-state index contributed by atoms with van der Waals surface area (Å²) in [6, 6.07) is 15.9. The van der Waals surface area contributed by atoms with Crippen molar-refractivity contribution in [2.24, 2.45) is 0 Å². The second-order valence-corrected chi connectivity index (χ2v) is 8.27. The van der Waals surface area contributed by atoms with Crippen LogP contribution < -0.4 is 5.32 Å². The predicted octanol–water partition coefficient (Wildman–Crippen LogP) is 4.98. The molecule has 0 radical (unpaired) electrons. The first-order valence-electron chi connectivity index (χ1n) is 9.49. The highest BCUT2D eigenvalue weighted by Gasteiger charge is 2.36. The van der Waals surface area contributed by atoms with E-state index in [0.717, 1.165) is 28.2 Å². The normalized spacial score (nSPS) is 16.7. The molecule has 5 heteroatoms. The molecule has 5 nitrogen and oxygen atoms in total. The second-order valence-electron chi connectivity index (χ2n) is 8.27. The van der Waals surface area contributed by atoms with E-state index in [1.54, 1.807) is 0 Å². The van der Waals surface area contributed by atoms with Gasteiger partial charge in [0.2, 0.25) is 5.95 Å². The number of hydrogen-bond acceptors (Lipinski definition) is 4. The van der Waals surface area contributed by atoms with E-state index in [0.29, 0.717) is 5.57 Å². The van der Waals surface area contributed by atoms with Crippen molar-refractivity contribution in [3.63, 3.8) is 0 Å². The Kier molecular flexibility index (Phi) is 4.26. The quantitative estimate of drug-likeness (QED) is 0.642. The Morgan fingerprint density at radius 1 is 1.07 bits per heavy atom. The van der Waals surface area contributed by atoms with Gasteiger partial charge in [0.05, 0.1) is 22.6 Å². The number of benzene rings is 2. The first kappa shape index (κ1) is 18.3. The zero-order valence-electron chi connectivity index (χ0n) is 16.9. The van der Waals surface area contributed by atoms with Crippen molar-refractivity contribution in [1.29, 1.82) is 0 Å². The number of esters is 1. The predicted molar refractivity (Wildman–Crippen MR) is 111 cm³/mol. The van der Waals surface area contributed by atoms with Gasteiger partial charge in [0.15, 0.2) is 0 Å². The fourth-order valence-corrected chi connectivity index (χ4v) is 3.63. The highest BCUT2D eigenvalue weighted by molar-refractivity contribution is 5.94. The van der Waals surface area contributed by atoms with Crippen LogP contribution in [0.2, 0.25) is 0 Å². The lowest BCUT2D eigenvalue weighted by molar-refractivity contribution is -0.150. The van der Waals surface area contributed by atoms with Crippen LogP contribution in [-0.4, -0.2) is 21.1 Å². The molecule has 1 atom stereocenters. The molecule has 0 saturated heterocycles. The number of allylic oxidation sites excluding steroid dienone is 1. The van der Waals surface area contributed by atoms with E-state index < -0.39 is 5.60 Å². The average Bonchev–Trinajstić information content (AvgIpc) is 2.97. The molecule has 2 heterocycles. The third kappa shape index (κ3) is 3.17. The molecule has 0 bridgehead atoms. The number of hydrogen-bond donors (Lipinski definition) is 1. The number of imidazole rings is 1. The monoisotopic (exact) mass is 375 g/mol. The van der Waals surface area contributed by atoms with E-state index in [1.165, 1.54) is 5.56 Å². The molecular weight excluding hydrogens is 350 g/mol. The lowest BCUT2D eigenvalue weighted by atomic mass is 9.94. The zero-order valence-corrected chi connectivity index (χ0v) is 16.9. The maximum absolute atomic E-state index is 13.2. The Labute approximate surface area is 165 Å². The molecule has 1 aliphatic rings. The summed E-state index contributed by atoms with van der Waals surface area (Å²) in [5.74, 6) is 0.420. The summed E-state index contributed by atoms with van der Waals surface area (Å²) in [5, 5.41) is 3.31. The van der Waals surface area contributed by atoms with Crippen LogP contribution >= 0.6 is 0 Å². The van der Waals surface area contributed by atoms with Crippen LogP contribution in [0.25, 0.3) is 11.0 Å². The highest BCUT2D eigenvalue weighted by atomic mass is 16.6. The molecule has 0 amide bonds. The Hall–Kier alpha value is -3.08. The van der Waals surface area contributed by atoms with Gasteiger partial charge in [-0.1, -0.05) is 42.0 Å². The number of ether oxygens (including phenoxy) is 1. The van der Waals surface area contributed by atoms with Crippen molar-refractivity contribution >= 4 is 23.0 Å². The van der Waals surface area contributed by atoms with E-state index >= 15 is 0 Å². The molecule has 0 saturated carbocycles. The average molecular weight is 375 g/mol. The molecule has 1 N–H and O–H groups in total. The lowest BCUT2D eigenvalue weighted by Gasteiger charge is -2.32. The minimum atomic E-state index is -0.570. The molecule has 3 aromatic rings. The van der Waals surface area contributed by atoms with Gasteiger partial charge in [-0.25, -0.2) is 9.78 Å². The molecule has 28 heavy (non-hydrogen) atoms. The molecule has 4 rings (SSSR count). The highest BCUT2D eigenvalue weighted by Crippen LogP contribution is 2.39. The Morgan fingerprint density at radius 2 is 1.75 bits per heavy atom. The molecular formula is C23H25N3O2. The Balaban J connectivity index is 1.94. The van der Waals surface area contributed by atoms with Gasteiger partial charge in [-0.3, -0.25) is 4.57 Å². The smallest absolute Gasteiger partial charge is 0.338 e. The van der Waals surface area contributed by atoms with E-state index in [2.05, 4.69) is 41.1 Å². The maximum atomic E-state index is 13.2. The van der Waals surface area contributed by atoms with Crippen LogP contribution in [0, 0.1) is 6.92 Å². The summed E-state index contributed by atoms with van der Waals surface area (Å²) >= 11 is 0. The lowest BCUT2D eigenvalue weighted by Crippen LogP contribution is -2.32. The number of fused-ring (bicyclic) bond motifs is 3. The van der Waals surface area contributed by atoms with Crippen molar-refractivity contribution in [2.45, 2.75) is 46.3 Å². The summed E-state index contributed by atoms with van der Waals surface area (Å²) in [7, 11) is 0. The van der Waals surface area contributed by atoms with Gasteiger partial charge in [0, 0.05) is 5.70 Å². The number of aromatic nitrogens is 2. The molecule has 0 fully saturated rings.